The predicted octanol–water partition coefficient (Wildman–Crippen LogP) is 2.33. The van der Waals surface area contributed by atoms with Crippen molar-refractivity contribution in [2.45, 2.75) is 46.6 Å². The van der Waals surface area contributed by atoms with Gasteiger partial charge in [0.1, 0.15) is 0 Å². The molecule has 0 bridgehead atoms. The van der Waals surface area contributed by atoms with Gasteiger partial charge in [0.15, 0.2) is 5.96 Å². The minimum Gasteiger partial charge on any atom is -0.382 e. The first-order valence-electron chi connectivity index (χ1n) is 9.59. The molecule has 1 unspecified atom stereocenters. The molecule has 150 valence electrons. The van der Waals surface area contributed by atoms with Gasteiger partial charge >= 0.3 is 0 Å². The van der Waals surface area contributed by atoms with Gasteiger partial charge in [-0.15, -0.1) is 24.0 Å². The van der Waals surface area contributed by atoms with Crippen molar-refractivity contribution < 1.29 is 9.47 Å². The van der Waals surface area contributed by atoms with Crippen LogP contribution in [0.3, 0.4) is 0 Å². The van der Waals surface area contributed by atoms with Crippen LogP contribution < -0.4 is 10.6 Å². The third-order valence-corrected chi connectivity index (χ3v) is 4.07. The number of hydrogen-bond acceptors (Lipinski definition) is 4. The third-order valence-electron chi connectivity index (χ3n) is 4.07. The molecule has 0 radical (unpaired) electrons. The molecule has 1 heterocycles. The molecular weight excluding hydrogens is 431 g/mol. The number of ether oxygens (including phenoxy) is 2. The van der Waals surface area contributed by atoms with Crippen molar-refractivity contribution in [1.29, 1.82) is 0 Å². The average Bonchev–Trinajstić information content (AvgIpc) is 2.58. The second-order valence-corrected chi connectivity index (χ2v) is 6.63. The highest BCUT2D eigenvalue weighted by molar-refractivity contribution is 14.0. The number of guanidine groups is 1. The Bertz CT molecular complexity index is 337. The molecule has 1 saturated heterocycles. The van der Waals surface area contributed by atoms with Gasteiger partial charge in [-0.2, -0.15) is 0 Å². The number of halogens is 1. The summed E-state index contributed by atoms with van der Waals surface area (Å²) in [6.07, 6.45) is 2.17. The number of nitrogens with one attached hydrogen (secondary N) is 2. The van der Waals surface area contributed by atoms with Gasteiger partial charge in [0.05, 0.1) is 19.8 Å². The first kappa shape index (κ1) is 24.9. The highest BCUT2D eigenvalue weighted by Gasteiger charge is 2.21. The van der Waals surface area contributed by atoms with E-state index in [0.29, 0.717) is 12.0 Å². The maximum atomic E-state index is 5.49. The van der Waals surface area contributed by atoms with Crippen LogP contribution in [0.5, 0.6) is 0 Å². The van der Waals surface area contributed by atoms with Crippen molar-refractivity contribution in [3.63, 3.8) is 0 Å². The normalized spacial score (nSPS) is 17.2. The summed E-state index contributed by atoms with van der Waals surface area (Å²) < 4.78 is 10.9. The standard InChI is InChI=1S/C18H38N4O2.HI/c1-5-19-18(20-8-7-11-23-6-2)21-15-17(14-16(3)4)22-9-12-24-13-10-22;/h16-17H,5-15H2,1-4H3,(H2,19,20,21);1H. The van der Waals surface area contributed by atoms with Crippen LogP contribution in [-0.2, 0) is 9.47 Å². The van der Waals surface area contributed by atoms with E-state index >= 15 is 0 Å². The molecule has 0 aromatic rings. The molecule has 1 fully saturated rings. The van der Waals surface area contributed by atoms with Crippen molar-refractivity contribution in [3.05, 3.63) is 0 Å². The summed E-state index contributed by atoms with van der Waals surface area (Å²) in [6, 6.07) is 0.493. The lowest BCUT2D eigenvalue weighted by Gasteiger charge is -2.34. The Hall–Kier alpha value is -0.120. The molecule has 6 nitrogen and oxygen atoms in total. The fourth-order valence-electron chi connectivity index (χ4n) is 2.89. The highest BCUT2D eigenvalue weighted by atomic mass is 127. The molecule has 0 spiro atoms. The van der Waals surface area contributed by atoms with Crippen LogP contribution in [0.2, 0.25) is 0 Å². The average molecular weight is 470 g/mol. The second kappa shape index (κ2) is 16.1. The van der Waals surface area contributed by atoms with Gasteiger partial charge < -0.3 is 20.1 Å². The van der Waals surface area contributed by atoms with Gasteiger partial charge in [-0.3, -0.25) is 9.89 Å². The van der Waals surface area contributed by atoms with Gasteiger partial charge in [-0.25, -0.2) is 0 Å². The Morgan fingerprint density at radius 2 is 1.92 bits per heavy atom. The zero-order valence-electron chi connectivity index (χ0n) is 16.6. The van der Waals surface area contributed by atoms with Gasteiger partial charge in [-0.1, -0.05) is 13.8 Å². The molecule has 1 aliphatic heterocycles. The number of nitrogens with zero attached hydrogens (tertiary/aromatic N) is 2. The summed E-state index contributed by atoms with van der Waals surface area (Å²) >= 11 is 0. The SMILES string of the molecule is CCNC(=NCC(CC(C)C)N1CCOCC1)NCCCOCC.I. The van der Waals surface area contributed by atoms with E-state index in [4.69, 9.17) is 14.5 Å². The Labute approximate surface area is 171 Å². The molecule has 1 aliphatic rings. The molecule has 0 aromatic heterocycles. The molecule has 1 rings (SSSR count). The van der Waals surface area contributed by atoms with Crippen LogP contribution in [0.1, 0.15) is 40.5 Å². The maximum Gasteiger partial charge on any atom is 0.191 e. The number of hydrogen-bond donors (Lipinski definition) is 2. The Kier molecular flexibility index (Phi) is 16.0. The van der Waals surface area contributed by atoms with Crippen LogP contribution in [0, 0.1) is 5.92 Å². The Morgan fingerprint density at radius 1 is 1.20 bits per heavy atom. The highest BCUT2D eigenvalue weighted by Crippen LogP contribution is 2.14. The topological polar surface area (TPSA) is 58.1 Å². The summed E-state index contributed by atoms with van der Waals surface area (Å²) in [4.78, 5) is 7.36. The van der Waals surface area contributed by atoms with Crippen LogP contribution in [0.25, 0.3) is 0 Å². The van der Waals surface area contributed by atoms with E-state index in [1.807, 2.05) is 6.92 Å². The van der Waals surface area contributed by atoms with E-state index < -0.39 is 0 Å². The van der Waals surface area contributed by atoms with E-state index in [9.17, 15) is 0 Å². The first-order chi connectivity index (χ1) is 11.7. The molecule has 0 saturated carbocycles. The fourth-order valence-corrected chi connectivity index (χ4v) is 2.89. The van der Waals surface area contributed by atoms with E-state index in [-0.39, 0.29) is 24.0 Å². The van der Waals surface area contributed by atoms with Crippen molar-refractivity contribution in [2.24, 2.45) is 10.9 Å². The van der Waals surface area contributed by atoms with E-state index in [0.717, 1.165) is 71.5 Å². The monoisotopic (exact) mass is 470 g/mol. The van der Waals surface area contributed by atoms with Crippen LogP contribution in [-0.4, -0.2) is 76.1 Å². The second-order valence-electron chi connectivity index (χ2n) is 6.63. The minimum absolute atomic E-state index is 0. The van der Waals surface area contributed by atoms with E-state index in [2.05, 4.69) is 36.3 Å². The molecular formula is C18H39IN4O2. The lowest BCUT2D eigenvalue weighted by Crippen LogP contribution is -2.46. The summed E-state index contributed by atoms with van der Waals surface area (Å²) in [5, 5.41) is 6.75. The van der Waals surface area contributed by atoms with Crippen molar-refractivity contribution in [1.82, 2.24) is 15.5 Å². The zero-order valence-corrected chi connectivity index (χ0v) is 18.9. The summed E-state index contributed by atoms with van der Waals surface area (Å²) in [5.41, 5.74) is 0. The fraction of sp³-hybridized carbons (Fsp3) is 0.944. The lowest BCUT2D eigenvalue weighted by atomic mass is 10.0. The van der Waals surface area contributed by atoms with Gasteiger partial charge in [0.2, 0.25) is 0 Å². The molecule has 0 amide bonds. The lowest BCUT2D eigenvalue weighted by molar-refractivity contribution is 0.0143. The van der Waals surface area contributed by atoms with Crippen molar-refractivity contribution in [3.8, 4) is 0 Å². The minimum atomic E-state index is 0. The smallest absolute Gasteiger partial charge is 0.191 e. The summed E-state index contributed by atoms with van der Waals surface area (Å²) in [5.74, 6) is 1.59. The van der Waals surface area contributed by atoms with E-state index in [1.54, 1.807) is 0 Å². The Balaban J connectivity index is 0.00000576. The number of morpholine rings is 1. The molecule has 7 heteroatoms. The van der Waals surface area contributed by atoms with Crippen LogP contribution in [0.4, 0.5) is 0 Å². The van der Waals surface area contributed by atoms with E-state index in [1.165, 1.54) is 6.42 Å². The first-order valence-corrected chi connectivity index (χ1v) is 9.59. The number of rotatable bonds is 11. The molecule has 0 aromatic carbocycles. The zero-order chi connectivity index (χ0) is 17.6. The quantitative estimate of drug-likeness (QED) is 0.210. The van der Waals surface area contributed by atoms with Gasteiger partial charge in [0, 0.05) is 45.4 Å². The van der Waals surface area contributed by atoms with Gasteiger partial charge in [-0.05, 0) is 32.6 Å². The number of aliphatic imine (C=N–C) groups is 1. The third kappa shape index (κ3) is 12.0. The molecule has 25 heavy (non-hydrogen) atoms. The molecule has 1 atom stereocenters. The van der Waals surface area contributed by atoms with Crippen molar-refractivity contribution >= 4 is 29.9 Å². The molecule has 2 N–H and O–H groups in total. The van der Waals surface area contributed by atoms with Crippen molar-refractivity contribution in [2.75, 3.05) is 59.2 Å². The molecule has 0 aliphatic carbocycles. The summed E-state index contributed by atoms with van der Waals surface area (Å²) in [6.45, 7) is 16.6. The van der Waals surface area contributed by atoms with Crippen LogP contribution >= 0.6 is 24.0 Å². The largest absolute Gasteiger partial charge is 0.382 e. The maximum absolute atomic E-state index is 5.49. The Morgan fingerprint density at radius 3 is 2.52 bits per heavy atom. The van der Waals surface area contributed by atoms with Gasteiger partial charge in [0.25, 0.3) is 0 Å². The van der Waals surface area contributed by atoms with Crippen LogP contribution in [0.15, 0.2) is 4.99 Å². The summed E-state index contributed by atoms with van der Waals surface area (Å²) in [7, 11) is 0. The predicted molar refractivity (Wildman–Crippen MR) is 116 cm³/mol.